The lowest BCUT2D eigenvalue weighted by molar-refractivity contribution is 0.0722. The highest BCUT2D eigenvalue weighted by Gasteiger charge is 2.17. The van der Waals surface area contributed by atoms with E-state index in [1.54, 1.807) is 12.1 Å². The third kappa shape index (κ3) is 3.08. The number of esters is 1. The van der Waals surface area contributed by atoms with Crippen LogP contribution < -0.4 is 4.74 Å². The van der Waals surface area contributed by atoms with Crippen molar-refractivity contribution in [2.24, 2.45) is 0 Å². The summed E-state index contributed by atoms with van der Waals surface area (Å²) in [4.78, 5) is 12.3. The van der Waals surface area contributed by atoms with Crippen molar-refractivity contribution in [2.75, 3.05) is 0 Å². The Morgan fingerprint density at radius 3 is 2.50 bits per heavy atom. The molecule has 0 aliphatic rings. The largest absolute Gasteiger partial charge is 0.421 e. The van der Waals surface area contributed by atoms with Crippen molar-refractivity contribution in [1.29, 1.82) is 0 Å². The molecule has 0 amide bonds. The Labute approximate surface area is 141 Å². The standard InChI is InChI=1S/C20H19NO3/c1-12-8-9-16(10-14(12)3)19-11-17(21-24-19)20(22)23-18-7-5-6-13(2)15(18)4/h5-11H,1-4H3. The van der Waals surface area contributed by atoms with Crippen LogP contribution in [0.5, 0.6) is 5.75 Å². The van der Waals surface area contributed by atoms with E-state index in [2.05, 4.69) is 5.16 Å². The van der Waals surface area contributed by atoms with Crippen LogP contribution in [0.3, 0.4) is 0 Å². The molecule has 0 atom stereocenters. The van der Waals surface area contributed by atoms with Gasteiger partial charge in [-0.25, -0.2) is 4.79 Å². The van der Waals surface area contributed by atoms with E-state index in [-0.39, 0.29) is 5.69 Å². The highest BCUT2D eigenvalue weighted by Crippen LogP contribution is 2.25. The molecule has 4 nitrogen and oxygen atoms in total. The molecule has 3 rings (SSSR count). The van der Waals surface area contributed by atoms with E-state index in [1.165, 1.54) is 5.56 Å². The minimum absolute atomic E-state index is 0.157. The van der Waals surface area contributed by atoms with Crippen molar-refractivity contribution in [2.45, 2.75) is 27.7 Å². The van der Waals surface area contributed by atoms with Crippen molar-refractivity contribution in [1.82, 2.24) is 5.16 Å². The maximum atomic E-state index is 12.3. The minimum Gasteiger partial charge on any atom is -0.421 e. The number of carbonyl (C=O) groups excluding carboxylic acids is 1. The molecule has 2 aromatic carbocycles. The number of aryl methyl sites for hydroxylation is 3. The van der Waals surface area contributed by atoms with Gasteiger partial charge in [-0.3, -0.25) is 0 Å². The minimum atomic E-state index is -0.525. The van der Waals surface area contributed by atoms with Crippen LogP contribution in [0.4, 0.5) is 0 Å². The van der Waals surface area contributed by atoms with Crippen LogP contribution >= 0.6 is 0 Å². The molecule has 3 aromatic rings. The first kappa shape index (κ1) is 16.0. The lowest BCUT2D eigenvalue weighted by atomic mass is 10.0. The fourth-order valence-corrected chi connectivity index (χ4v) is 2.39. The first-order valence-corrected chi connectivity index (χ1v) is 7.78. The second-order valence-corrected chi connectivity index (χ2v) is 5.96. The lowest BCUT2D eigenvalue weighted by Crippen LogP contribution is -2.09. The summed E-state index contributed by atoms with van der Waals surface area (Å²) in [7, 11) is 0. The number of hydrogen-bond acceptors (Lipinski definition) is 4. The van der Waals surface area contributed by atoms with Crippen LogP contribution in [-0.4, -0.2) is 11.1 Å². The maximum Gasteiger partial charge on any atom is 0.365 e. The van der Waals surface area contributed by atoms with Gasteiger partial charge in [-0.2, -0.15) is 0 Å². The zero-order valence-electron chi connectivity index (χ0n) is 14.2. The van der Waals surface area contributed by atoms with Crippen molar-refractivity contribution in [3.8, 4) is 17.1 Å². The van der Waals surface area contributed by atoms with Crippen molar-refractivity contribution in [3.63, 3.8) is 0 Å². The van der Waals surface area contributed by atoms with Gasteiger partial charge in [0.2, 0.25) is 0 Å². The number of nitrogens with zero attached hydrogens (tertiary/aromatic N) is 1. The molecule has 0 radical (unpaired) electrons. The van der Waals surface area contributed by atoms with Crippen LogP contribution in [-0.2, 0) is 0 Å². The first-order chi connectivity index (χ1) is 11.5. The SMILES string of the molecule is Cc1ccc(-c2cc(C(=O)Oc3cccc(C)c3C)no2)cc1C. The van der Waals surface area contributed by atoms with Gasteiger partial charge >= 0.3 is 5.97 Å². The molecule has 122 valence electrons. The van der Waals surface area contributed by atoms with Gasteiger partial charge in [0.15, 0.2) is 11.5 Å². The van der Waals surface area contributed by atoms with Gasteiger partial charge in [0.1, 0.15) is 5.75 Å². The topological polar surface area (TPSA) is 52.3 Å². The van der Waals surface area contributed by atoms with E-state index in [4.69, 9.17) is 9.26 Å². The number of benzene rings is 2. The fourth-order valence-electron chi connectivity index (χ4n) is 2.39. The van der Waals surface area contributed by atoms with Gasteiger partial charge in [-0.15, -0.1) is 0 Å². The zero-order chi connectivity index (χ0) is 17.3. The Balaban J connectivity index is 1.83. The summed E-state index contributed by atoms with van der Waals surface area (Å²) in [5, 5.41) is 3.84. The van der Waals surface area contributed by atoms with Gasteiger partial charge in [0.25, 0.3) is 0 Å². The van der Waals surface area contributed by atoms with Crippen LogP contribution in [0, 0.1) is 27.7 Å². The molecule has 1 heterocycles. The van der Waals surface area contributed by atoms with E-state index in [0.717, 1.165) is 22.3 Å². The summed E-state index contributed by atoms with van der Waals surface area (Å²) in [6.07, 6.45) is 0. The summed E-state index contributed by atoms with van der Waals surface area (Å²) >= 11 is 0. The normalized spacial score (nSPS) is 10.7. The average molecular weight is 321 g/mol. The quantitative estimate of drug-likeness (QED) is 0.514. The van der Waals surface area contributed by atoms with Gasteiger partial charge in [-0.05, 0) is 62.1 Å². The fraction of sp³-hybridized carbons (Fsp3) is 0.200. The smallest absolute Gasteiger partial charge is 0.365 e. The molecule has 1 aromatic heterocycles. The molecular formula is C20H19NO3. The van der Waals surface area contributed by atoms with Crippen molar-refractivity contribution < 1.29 is 14.1 Å². The molecule has 0 bridgehead atoms. The van der Waals surface area contributed by atoms with Crippen LogP contribution in [0.25, 0.3) is 11.3 Å². The third-order valence-electron chi connectivity index (χ3n) is 4.27. The second-order valence-electron chi connectivity index (χ2n) is 5.96. The summed E-state index contributed by atoms with van der Waals surface area (Å²) in [5.41, 5.74) is 5.40. The lowest BCUT2D eigenvalue weighted by Gasteiger charge is -2.07. The van der Waals surface area contributed by atoms with Crippen molar-refractivity contribution in [3.05, 3.63) is 70.4 Å². The maximum absolute atomic E-state index is 12.3. The van der Waals surface area contributed by atoms with E-state index in [0.29, 0.717) is 11.5 Å². The van der Waals surface area contributed by atoms with Crippen LogP contribution in [0.1, 0.15) is 32.7 Å². The zero-order valence-corrected chi connectivity index (χ0v) is 14.2. The molecular weight excluding hydrogens is 302 g/mol. The molecule has 0 spiro atoms. The van der Waals surface area contributed by atoms with Gasteiger partial charge in [0.05, 0.1) is 0 Å². The third-order valence-corrected chi connectivity index (χ3v) is 4.27. The summed E-state index contributed by atoms with van der Waals surface area (Å²) < 4.78 is 10.8. The van der Waals surface area contributed by atoms with Gasteiger partial charge in [0, 0.05) is 11.6 Å². The number of carbonyl (C=O) groups is 1. The second kappa shape index (κ2) is 6.32. The van der Waals surface area contributed by atoms with E-state index >= 15 is 0 Å². The number of hydrogen-bond donors (Lipinski definition) is 0. The first-order valence-electron chi connectivity index (χ1n) is 7.78. The predicted octanol–water partition coefficient (Wildman–Crippen LogP) is 4.79. The Hall–Kier alpha value is -2.88. The molecule has 0 aliphatic carbocycles. The van der Waals surface area contributed by atoms with Gasteiger partial charge in [-0.1, -0.05) is 29.4 Å². The van der Waals surface area contributed by atoms with Gasteiger partial charge < -0.3 is 9.26 Å². The molecule has 4 heteroatoms. The highest BCUT2D eigenvalue weighted by atomic mass is 16.5. The number of ether oxygens (including phenoxy) is 1. The predicted molar refractivity (Wildman–Crippen MR) is 92.3 cm³/mol. The summed E-state index contributed by atoms with van der Waals surface area (Å²) in [6, 6.07) is 13.2. The Morgan fingerprint density at radius 1 is 0.958 bits per heavy atom. The Bertz CT molecular complexity index is 909. The van der Waals surface area contributed by atoms with E-state index < -0.39 is 5.97 Å². The molecule has 0 N–H and O–H groups in total. The average Bonchev–Trinajstić information content (AvgIpc) is 3.04. The number of aromatic nitrogens is 1. The summed E-state index contributed by atoms with van der Waals surface area (Å²) in [5.74, 6) is 0.560. The monoisotopic (exact) mass is 321 g/mol. The molecule has 0 saturated carbocycles. The van der Waals surface area contributed by atoms with E-state index in [1.807, 2.05) is 58.0 Å². The van der Waals surface area contributed by atoms with E-state index in [9.17, 15) is 4.79 Å². The highest BCUT2D eigenvalue weighted by molar-refractivity contribution is 5.90. The van der Waals surface area contributed by atoms with Crippen molar-refractivity contribution >= 4 is 5.97 Å². The molecule has 24 heavy (non-hydrogen) atoms. The molecule has 0 saturated heterocycles. The summed E-state index contributed by atoms with van der Waals surface area (Å²) in [6.45, 7) is 7.97. The molecule has 0 fully saturated rings. The van der Waals surface area contributed by atoms with Crippen LogP contribution in [0.15, 0.2) is 47.0 Å². The Morgan fingerprint density at radius 2 is 1.75 bits per heavy atom. The molecule has 0 aliphatic heterocycles. The molecule has 0 unspecified atom stereocenters. The Kier molecular flexibility index (Phi) is 4.21. The van der Waals surface area contributed by atoms with Crippen LogP contribution in [0.2, 0.25) is 0 Å². The number of rotatable bonds is 3.